The predicted octanol–water partition coefficient (Wildman–Crippen LogP) is 5.21. The van der Waals surface area contributed by atoms with Crippen LogP contribution in [0.4, 0.5) is 5.69 Å². The fourth-order valence-corrected chi connectivity index (χ4v) is 2.78. The quantitative estimate of drug-likeness (QED) is 0.648. The van der Waals surface area contributed by atoms with E-state index in [1.54, 1.807) is 12.1 Å². The summed E-state index contributed by atoms with van der Waals surface area (Å²) in [5, 5.41) is 4.89. The van der Waals surface area contributed by atoms with E-state index in [0.717, 1.165) is 20.9 Å². The van der Waals surface area contributed by atoms with Gasteiger partial charge in [0.1, 0.15) is 0 Å². The molecule has 0 saturated carbocycles. The Labute approximate surface area is 132 Å². The monoisotopic (exact) mass is 393 g/mol. The van der Waals surface area contributed by atoms with Crippen LogP contribution < -0.4 is 5.32 Å². The Balaban J connectivity index is 1.99. The van der Waals surface area contributed by atoms with Crippen molar-refractivity contribution in [3.05, 3.63) is 63.4 Å². The zero-order chi connectivity index (χ0) is 14.1. The molecule has 2 aromatic carbocycles. The highest BCUT2D eigenvalue weighted by Gasteiger charge is 2.12. The molecule has 100 valence electrons. The van der Waals surface area contributed by atoms with E-state index < -0.39 is 0 Å². The van der Waals surface area contributed by atoms with E-state index in [-0.39, 0.29) is 11.7 Å². The molecule has 1 heterocycles. The smallest absolute Gasteiger partial charge is 0.291 e. The molecule has 0 aliphatic rings. The number of hydrogen-bond acceptors (Lipinski definition) is 2. The summed E-state index contributed by atoms with van der Waals surface area (Å²) in [6.45, 7) is 0. The van der Waals surface area contributed by atoms with Crippen molar-refractivity contribution in [1.29, 1.82) is 0 Å². The average molecular weight is 395 g/mol. The molecule has 5 heteroatoms. The standard InChI is InChI=1S/C15H9Br2NO2/c16-11-5-6-12(10-4-2-1-3-9(10)11)18-15(19)13-7-8-14(17)20-13/h1-8H,(H,18,19). The van der Waals surface area contributed by atoms with E-state index in [9.17, 15) is 4.79 Å². The molecular weight excluding hydrogens is 386 g/mol. The highest BCUT2D eigenvalue weighted by Crippen LogP contribution is 2.30. The summed E-state index contributed by atoms with van der Waals surface area (Å²) in [6.07, 6.45) is 0. The molecule has 20 heavy (non-hydrogen) atoms. The highest BCUT2D eigenvalue weighted by molar-refractivity contribution is 9.10. The minimum atomic E-state index is -0.275. The van der Waals surface area contributed by atoms with E-state index in [1.165, 1.54) is 0 Å². The van der Waals surface area contributed by atoms with Gasteiger partial charge < -0.3 is 9.73 Å². The van der Waals surface area contributed by atoms with Gasteiger partial charge in [0.15, 0.2) is 10.4 Å². The third kappa shape index (κ3) is 2.51. The molecule has 3 rings (SSSR count). The van der Waals surface area contributed by atoms with Crippen LogP contribution in [0.25, 0.3) is 10.8 Å². The summed E-state index contributed by atoms with van der Waals surface area (Å²) < 4.78 is 6.77. The number of benzene rings is 2. The van der Waals surface area contributed by atoms with Crippen LogP contribution in [0.2, 0.25) is 0 Å². The fraction of sp³-hybridized carbons (Fsp3) is 0. The number of fused-ring (bicyclic) bond motifs is 1. The molecular formula is C15H9Br2NO2. The molecule has 0 bridgehead atoms. The predicted molar refractivity (Wildman–Crippen MR) is 86.0 cm³/mol. The van der Waals surface area contributed by atoms with Crippen LogP contribution in [0.1, 0.15) is 10.6 Å². The Morgan fingerprint density at radius 2 is 1.70 bits per heavy atom. The summed E-state index contributed by atoms with van der Waals surface area (Å²) in [6, 6.07) is 15.0. The Bertz CT molecular complexity index is 795. The molecule has 3 aromatic rings. The van der Waals surface area contributed by atoms with E-state index in [0.29, 0.717) is 4.67 Å². The molecule has 0 fully saturated rings. The first kappa shape index (κ1) is 13.4. The van der Waals surface area contributed by atoms with Crippen LogP contribution >= 0.6 is 31.9 Å². The Hall–Kier alpha value is -1.59. The van der Waals surface area contributed by atoms with Crippen molar-refractivity contribution in [3.63, 3.8) is 0 Å². The van der Waals surface area contributed by atoms with Gasteiger partial charge in [0.05, 0.1) is 0 Å². The molecule has 3 nitrogen and oxygen atoms in total. The van der Waals surface area contributed by atoms with Crippen molar-refractivity contribution < 1.29 is 9.21 Å². The van der Waals surface area contributed by atoms with Crippen LogP contribution in [0, 0.1) is 0 Å². The highest BCUT2D eigenvalue weighted by atomic mass is 79.9. The van der Waals surface area contributed by atoms with Gasteiger partial charge in [-0.1, -0.05) is 40.2 Å². The van der Waals surface area contributed by atoms with Crippen LogP contribution in [-0.4, -0.2) is 5.91 Å². The average Bonchev–Trinajstić information content (AvgIpc) is 2.89. The maximum absolute atomic E-state index is 12.1. The lowest BCUT2D eigenvalue weighted by Crippen LogP contribution is -2.11. The van der Waals surface area contributed by atoms with Gasteiger partial charge in [-0.25, -0.2) is 0 Å². The van der Waals surface area contributed by atoms with E-state index in [1.807, 2.05) is 36.4 Å². The van der Waals surface area contributed by atoms with Crippen molar-refractivity contribution >= 4 is 54.2 Å². The molecule has 0 unspecified atom stereocenters. The second-order valence-electron chi connectivity index (χ2n) is 4.20. The van der Waals surface area contributed by atoms with Crippen molar-refractivity contribution in [2.45, 2.75) is 0 Å². The number of amides is 1. The van der Waals surface area contributed by atoms with Crippen molar-refractivity contribution in [2.75, 3.05) is 5.32 Å². The first-order valence-electron chi connectivity index (χ1n) is 5.89. The van der Waals surface area contributed by atoms with Gasteiger partial charge in [-0.05, 0) is 45.6 Å². The van der Waals surface area contributed by atoms with Gasteiger partial charge in [-0.3, -0.25) is 4.79 Å². The second-order valence-corrected chi connectivity index (χ2v) is 5.83. The second kappa shape index (κ2) is 5.42. The number of carbonyl (C=O) groups excluding carboxylic acids is 1. The van der Waals surface area contributed by atoms with Gasteiger partial charge >= 0.3 is 0 Å². The number of carbonyl (C=O) groups is 1. The fourth-order valence-electron chi connectivity index (χ4n) is 1.99. The lowest BCUT2D eigenvalue weighted by atomic mass is 10.1. The van der Waals surface area contributed by atoms with Gasteiger partial charge in [0, 0.05) is 15.5 Å². The summed E-state index contributed by atoms with van der Waals surface area (Å²) in [7, 11) is 0. The lowest BCUT2D eigenvalue weighted by Gasteiger charge is -2.09. The Morgan fingerprint density at radius 1 is 0.950 bits per heavy atom. The van der Waals surface area contributed by atoms with Crippen LogP contribution in [0.5, 0.6) is 0 Å². The topological polar surface area (TPSA) is 42.2 Å². The summed E-state index contributed by atoms with van der Waals surface area (Å²) in [5.41, 5.74) is 0.751. The summed E-state index contributed by atoms with van der Waals surface area (Å²) >= 11 is 6.69. The molecule has 1 amide bonds. The molecule has 1 N–H and O–H groups in total. The van der Waals surface area contributed by atoms with Gasteiger partial charge in [-0.2, -0.15) is 0 Å². The minimum Gasteiger partial charge on any atom is -0.444 e. The third-order valence-corrected chi connectivity index (χ3v) is 4.03. The summed E-state index contributed by atoms with van der Waals surface area (Å²) in [4.78, 5) is 12.1. The lowest BCUT2D eigenvalue weighted by molar-refractivity contribution is 0.0995. The molecule has 1 aromatic heterocycles. The maximum Gasteiger partial charge on any atom is 0.291 e. The molecule has 0 saturated heterocycles. The van der Waals surface area contributed by atoms with Crippen LogP contribution in [-0.2, 0) is 0 Å². The molecule has 0 spiro atoms. The van der Waals surface area contributed by atoms with E-state index >= 15 is 0 Å². The van der Waals surface area contributed by atoms with Crippen molar-refractivity contribution in [3.8, 4) is 0 Å². The van der Waals surface area contributed by atoms with Crippen molar-refractivity contribution in [1.82, 2.24) is 0 Å². The van der Waals surface area contributed by atoms with Crippen LogP contribution in [0.3, 0.4) is 0 Å². The van der Waals surface area contributed by atoms with Crippen molar-refractivity contribution in [2.24, 2.45) is 0 Å². The number of hydrogen-bond donors (Lipinski definition) is 1. The first-order chi connectivity index (χ1) is 9.65. The number of nitrogens with one attached hydrogen (secondary N) is 1. The summed E-state index contributed by atoms with van der Waals surface area (Å²) in [5.74, 6) is -0.00736. The SMILES string of the molecule is O=C(Nc1ccc(Br)c2ccccc12)c1ccc(Br)o1. The largest absolute Gasteiger partial charge is 0.444 e. The van der Waals surface area contributed by atoms with Gasteiger partial charge in [0.2, 0.25) is 0 Å². The Morgan fingerprint density at radius 3 is 2.40 bits per heavy atom. The molecule has 0 atom stereocenters. The zero-order valence-electron chi connectivity index (χ0n) is 10.2. The van der Waals surface area contributed by atoms with E-state index in [2.05, 4.69) is 37.2 Å². The normalized spacial score (nSPS) is 10.7. The zero-order valence-corrected chi connectivity index (χ0v) is 13.4. The van der Waals surface area contributed by atoms with Crippen LogP contribution in [0.15, 0.2) is 62.1 Å². The minimum absolute atomic E-state index is 0.267. The number of halogens is 2. The third-order valence-electron chi connectivity index (χ3n) is 2.92. The molecule has 0 aliphatic carbocycles. The van der Waals surface area contributed by atoms with Gasteiger partial charge in [0.25, 0.3) is 5.91 Å². The van der Waals surface area contributed by atoms with Gasteiger partial charge in [-0.15, -0.1) is 0 Å². The number of furan rings is 1. The van der Waals surface area contributed by atoms with E-state index in [4.69, 9.17) is 4.42 Å². The maximum atomic E-state index is 12.1. The molecule has 0 aliphatic heterocycles. The number of rotatable bonds is 2. The first-order valence-corrected chi connectivity index (χ1v) is 7.48. The number of anilines is 1. The molecule has 0 radical (unpaired) electrons. The Kier molecular flexibility index (Phi) is 3.63.